The molecule has 0 spiro atoms. The van der Waals surface area contributed by atoms with Gasteiger partial charge < -0.3 is 0 Å². The molecule has 0 heterocycles. The van der Waals surface area contributed by atoms with E-state index in [1.807, 2.05) is 12.2 Å². The summed E-state index contributed by atoms with van der Waals surface area (Å²) in [5.41, 5.74) is 7.03. The van der Waals surface area contributed by atoms with E-state index in [9.17, 15) is 9.59 Å². The second kappa shape index (κ2) is 13.0. The molecule has 0 N–H and O–H groups in total. The van der Waals surface area contributed by atoms with E-state index < -0.39 is 0 Å². The van der Waals surface area contributed by atoms with Crippen molar-refractivity contribution in [3.05, 3.63) is 71.8 Å². The Bertz CT molecular complexity index is 996. The highest BCUT2D eigenvalue weighted by Gasteiger charge is 2.23. The van der Waals surface area contributed by atoms with Crippen LogP contribution in [0.25, 0.3) is 22.3 Å². The summed E-state index contributed by atoms with van der Waals surface area (Å²) in [6.45, 7) is 4.42. The molecule has 2 aliphatic rings. The monoisotopic (exact) mass is 482 g/mol. The number of hydrogen-bond acceptors (Lipinski definition) is 2. The molecule has 2 atom stereocenters. The van der Waals surface area contributed by atoms with Crippen LogP contribution in [-0.2, 0) is 9.59 Å². The quantitative estimate of drug-likeness (QED) is 0.299. The first kappa shape index (κ1) is 26.3. The second-order valence-corrected chi connectivity index (χ2v) is 10.8. The highest BCUT2D eigenvalue weighted by atomic mass is 16.1. The Morgan fingerprint density at radius 2 is 0.917 bits per heavy atom. The van der Waals surface area contributed by atoms with Crippen molar-refractivity contribution in [1.29, 1.82) is 0 Å². The van der Waals surface area contributed by atoms with Crippen molar-refractivity contribution in [2.75, 3.05) is 0 Å². The van der Waals surface area contributed by atoms with Crippen LogP contribution in [0.2, 0.25) is 0 Å². The first-order chi connectivity index (χ1) is 17.6. The number of carbonyl (C=O) groups is 2. The average molecular weight is 483 g/mol. The molecule has 0 aliphatic heterocycles. The Morgan fingerprint density at radius 3 is 1.25 bits per heavy atom. The van der Waals surface area contributed by atoms with Crippen LogP contribution in [-0.4, -0.2) is 11.6 Å². The minimum Gasteiger partial charge on any atom is -0.295 e. The van der Waals surface area contributed by atoms with Crippen molar-refractivity contribution < 1.29 is 9.59 Å². The predicted molar refractivity (Wildman–Crippen MR) is 152 cm³/mol. The van der Waals surface area contributed by atoms with Crippen LogP contribution in [0.5, 0.6) is 0 Å². The molecular weight excluding hydrogens is 440 g/mol. The highest BCUT2D eigenvalue weighted by Crippen LogP contribution is 2.34. The van der Waals surface area contributed by atoms with Gasteiger partial charge in [0.15, 0.2) is 11.6 Å². The maximum absolute atomic E-state index is 12.6. The molecule has 0 bridgehead atoms. The van der Waals surface area contributed by atoms with Gasteiger partial charge in [0.2, 0.25) is 0 Å². The summed E-state index contributed by atoms with van der Waals surface area (Å²) < 4.78 is 0. The van der Waals surface area contributed by atoms with Crippen LogP contribution < -0.4 is 0 Å². The van der Waals surface area contributed by atoms with Crippen LogP contribution >= 0.6 is 0 Å². The molecule has 0 fully saturated rings. The van der Waals surface area contributed by atoms with E-state index >= 15 is 0 Å². The van der Waals surface area contributed by atoms with E-state index in [2.05, 4.69) is 62.4 Å². The van der Waals surface area contributed by atoms with Crippen molar-refractivity contribution >= 4 is 22.7 Å². The molecule has 2 aromatic rings. The molecule has 2 aromatic carbocycles. The van der Waals surface area contributed by atoms with E-state index in [0.29, 0.717) is 11.6 Å². The molecule has 2 nitrogen and oxygen atoms in total. The van der Waals surface area contributed by atoms with Gasteiger partial charge in [-0.15, -0.1) is 0 Å². The van der Waals surface area contributed by atoms with Crippen molar-refractivity contribution in [3.8, 4) is 11.1 Å². The zero-order valence-corrected chi connectivity index (χ0v) is 22.2. The van der Waals surface area contributed by atoms with Crippen molar-refractivity contribution in [2.45, 2.75) is 90.9 Å². The summed E-state index contributed by atoms with van der Waals surface area (Å²) in [6, 6.07) is 17.3. The predicted octanol–water partition coefficient (Wildman–Crippen LogP) is 9.24. The Hall–Kier alpha value is -2.74. The minimum absolute atomic E-state index is 0.222. The summed E-state index contributed by atoms with van der Waals surface area (Å²) in [4.78, 5) is 25.2. The summed E-state index contributed by atoms with van der Waals surface area (Å²) in [6.07, 6.45) is 17.0. The van der Waals surface area contributed by atoms with Gasteiger partial charge in [0.1, 0.15) is 0 Å². The molecule has 2 unspecified atom stereocenters. The summed E-state index contributed by atoms with van der Waals surface area (Å²) in [7, 11) is 0. The standard InChI is InChI=1S/C34H42O2/c1-3-5-7-9-29-19-21-31(23-33(29)35)27-15-11-25(12-16-27)26-13-17-28(18-14-26)32-22-20-30(34(36)24-32)10-8-6-4-2/h11-18,23-24,29-30H,3-10,19-22H2,1-2H3. The lowest BCUT2D eigenvalue weighted by Crippen LogP contribution is -2.17. The molecule has 190 valence electrons. The normalized spacial score (nSPS) is 20.3. The molecule has 0 saturated heterocycles. The fraction of sp³-hybridized carbons (Fsp3) is 0.471. The summed E-state index contributed by atoms with van der Waals surface area (Å²) in [5.74, 6) is 1.07. The number of benzene rings is 2. The zero-order valence-electron chi connectivity index (χ0n) is 22.2. The smallest absolute Gasteiger partial charge is 0.159 e. The molecule has 0 aromatic heterocycles. The van der Waals surface area contributed by atoms with Crippen LogP contribution in [0.1, 0.15) is 102 Å². The number of carbonyl (C=O) groups excluding carboxylic acids is 2. The third-order valence-corrected chi connectivity index (χ3v) is 8.12. The molecule has 0 saturated carbocycles. The summed E-state index contributed by atoms with van der Waals surface area (Å²) >= 11 is 0. The van der Waals surface area contributed by atoms with E-state index in [1.165, 1.54) is 48.0 Å². The summed E-state index contributed by atoms with van der Waals surface area (Å²) in [5, 5.41) is 0. The average Bonchev–Trinajstić information content (AvgIpc) is 2.91. The molecule has 4 rings (SSSR count). The number of hydrogen-bond donors (Lipinski definition) is 0. The lowest BCUT2D eigenvalue weighted by atomic mass is 9.82. The molecular formula is C34H42O2. The van der Waals surface area contributed by atoms with Crippen molar-refractivity contribution in [1.82, 2.24) is 0 Å². The van der Waals surface area contributed by atoms with Crippen LogP contribution in [0.15, 0.2) is 60.7 Å². The third kappa shape index (κ3) is 6.72. The van der Waals surface area contributed by atoms with Gasteiger partial charge in [-0.1, -0.05) is 101 Å². The van der Waals surface area contributed by atoms with E-state index in [-0.39, 0.29) is 11.8 Å². The van der Waals surface area contributed by atoms with Gasteiger partial charge in [-0.25, -0.2) is 0 Å². The number of unbranched alkanes of at least 4 members (excludes halogenated alkanes) is 4. The maximum atomic E-state index is 12.6. The second-order valence-electron chi connectivity index (χ2n) is 10.8. The first-order valence-electron chi connectivity index (χ1n) is 14.3. The van der Waals surface area contributed by atoms with Crippen LogP contribution in [0, 0.1) is 11.8 Å². The van der Waals surface area contributed by atoms with Gasteiger partial charge in [0.25, 0.3) is 0 Å². The van der Waals surface area contributed by atoms with Crippen molar-refractivity contribution in [3.63, 3.8) is 0 Å². The minimum atomic E-state index is 0.222. The first-order valence-corrected chi connectivity index (χ1v) is 14.3. The van der Waals surface area contributed by atoms with E-state index in [4.69, 9.17) is 0 Å². The number of allylic oxidation sites excluding steroid dienone is 4. The molecule has 36 heavy (non-hydrogen) atoms. The maximum Gasteiger partial charge on any atom is 0.159 e. The fourth-order valence-electron chi connectivity index (χ4n) is 5.73. The largest absolute Gasteiger partial charge is 0.295 e. The molecule has 2 heteroatoms. The van der Waals surface area contributed by atoms with Crippen molar-refractivity contribution in [2.24, 2.45) is 11.8 Å². The van der Waals surface area contributed by atoms with Gasteiger partial charge >= 0.3 is 0 Å². The van der Waals surface area contributed by atoms with Gasteiger partial charge in [0, 0.05) is 11.8 Å². The Kier molecular flexibility index (Phi) is 9.50. The van der Waals surface area contributed by atoms with Gasteiger partial charge in [-0.2, -0.15) is 0 Å². The van der Waals surface area contributed by atoms with E-state index in [0.717, 1.165) is 62.5 Å². The Labute approximate surface area is 217 Å². The highest BCUT2D eigenvalue weighted by molar-refractivity contribution is 6.00. The van der Waals surface area contributed by atoms with Crippen LogP contribution in [0.4, 0.5) is 0 Å². The van der Waals surface area contributed by atoms with Gasteiger partial charge in [-0.3, -0.25) is 9.59 Å². The fourth-order valence-corrected chi connectivity index (χ4v) is 5.73. The van der Waals surface area contributed by atoms with Gasteiger partial charge in [-0.05, 0) is 84.1 Å². The molecule has 2 aliphatic carbocycles. The Morgan fingerprint density at radius 1 is 0.556 bits per heavy atom. The third-order valence-electron chi connectivity index (χ3n) is 8.12. The number of ketones is 2. The number of rotatable bonds is 11. The zero-order chi connectivity index (χ0) is 25.3. The lowest BCUT2D eigenvalue weighted by Gasteiger charge is -2.21. The topological polar surface area (TPSA) is 34.1 Å². The van der Waals surface area contributed by atoms with E-state index in [1.54, 1.807) is 0 Å². The SMILES string of the molecule is CCCCCC1CCC(c2ccc(-c3ccc(C4=CC(=O)C(CCCCC)CC4)cc3)cc2)=CC1=O. The molecule has 0 amide bonds. The Balaban J connectivity index is 1.37. The van der Waals surface area contributed by atoms with Crippen LogP contribution in [0.3, 0.4) is 0 Å². The molecule has 0 radical (unpaired) electrons. The lowest BCUT2D eigenvalue weighted by molar-refractivity contribution is -0.119. The van der Waals surface area contributed by atoms with Gasteiger partial charge in [0.05, 0.1) is 0 Å².